The van der Waals surface area contributed by atoms with Crippen LogP contribution in [0.2, 0.25) is 0 Å². The molecule has 2 nitrogen and oxygen atoms in total. The first kappa shape index (κ1) is 5.27. The van der Waals surface area contributed by atoms with Gasteiger partial charge in [0.2, 0.25) is 0 Å². The summed E-state index contributed by atoms with van der Waals surface area (Å²) < 4.78 is 0. The molecule has 2 rings (SSSR count). The van der Waals surface area contributed by atoms with Gasteiger partial charge >= 0.3 is 5.97 Å². The van der Waals surface area contributed by atoms with Gasteiger partial charge in [-0.25, -0.2) is 0 Å². The molecule has 0 spiro atoms. The number of carboxylic acids is 1. The standard InChI is InChI=1S/C7H10O2/c8-7(9)6-3-5(6)4-1-2-4/h4-6H,1-3H2,(H,8,9)/t5-,6+/m1/s1. The molecule has 0 amide bonds. The van der Waals surface area contributed by atoms with Crippen molar-refractivity contribution in [3.05, 3.63) is 0 Å². The molecule has 2 heteroatoms. The molecule has 0 radical (unpaired) electrons. The summed E-state index contributed by atoms with van der Waals surface area (Å²) >= 11 is 0. The Morgan fingerprint density at radius 2 is 2.11 bits per heavy atom. The van der Waals surface area contributed by atoms with E-state index in [4.69, 9.17) is 5.11 Å². The minimum atomic E-state index is -0.577. The van der Waals surface area contributed by atoms with Crippen LogP contribution in [0, 0.1) is 17.8 Å². The summed E-state index contributed by atoms with van der Waals surface area (Å²) in [5, 5.41) is 8.50. The molecule has 0 bridgehead atoms. The fraction of sp³-hybridized carbons (Fsp3) is 0.857. The van der Waals surface area contributed by atoms with E-state index >= 15 is 0 Å². The van der Waals surface area contributed by atoms with Crippen molar-refractivity contribution < 1.29 is 9.90 Å². The van der Waals surface area contributed by atoms with Crippen molar-refractivity contribution in [2.24, 2.45) is 17.8 Å². The Bertz CT molecular complexity index is 149. The van der Waals surface area contributed by atoms with Crippen LogP contribution in [0.4, 0.5) is 0 Å². The van der Waals surface area contributed by atoms with Gasteiger partial charge in [-0.3, -0.25) is 4.79 Å². The molecule has 0 saturated heterocycles. The average molecular weight is 126 g/mol. The van der Waals surface area contributed by atoms with Gasteiger partial charge in [0.15, 0.2) is 0 Å². The first-order valence-electron chi connectivity index (χ1n) is 3.52. The zero-order chi connectivity index (χ0) is 6.43. The van der Waals surface area contributed by atoms with Crippen LogP contribution in [-0.2, 0) is 4.79 Å². The summed E-state index contributed by atoms with van der Waals surface area (Å²) in [6.07, 6.45) is 3.53. The average Bonchev–Trinajstić information content (AvgIpc) is 2.60. The van der Waals surface area contributed by atoms with Crippen LogP contribution >= 0.6 is 0 Å². The Kier molecular flexibility index (Phi) is 0.875. The van der Waals surface area contributed by atoms with Crippen LogP contribution in [-0.4, -0.2) is 11.1 Å². The van der Waals surface area contributed by atoms with E-state index in [0.29, 0.717) is 5.92 Å². The largest absolute Gasteiger partial charge is 0.481 e. The molecular weight excluding hydrogens is 116 g/mol. The van der Waals surface area contributed by atoms with Gasteiger partial charge in [0.1, 0.15) is 0 Å². The third-order valence-electron chi connectivity index (χ3n) is 2.38. The van der Waals surface area contributed by atoms with Crippen molar-refractivity contribution >= 4 is 5.97 Å². The van der Waals surface area contributed by atoms with Crippen LogP contribution in [0.3, 0.4) is 0 Å². The number of aliphatic carboxylic acids is 1. The van der Waals surface area contributed by atoms with Gasteiger partial charge < -0.3 is 5.11 Å². The Morgan fingerprint density at radius 3 is 2.44 bits per heavy atom. The molecule has 2 aliphatic carbocycles. The van der Waals surface area contributed by atoms with Crippen LogP contribution in [0.1, 0.15) is 19.3 Å². The van der Waals surface area contributed by atoms with E-state index in [1.807, 2.05) is 0 Å². The van der Waals surface area contributed by atoms with Gasteiger partial charge in [0, 0.05) is 0 Å². The number of hydrogen-bond acceptors (Lipinski definition) is 1. The second-order valence-corrected chi connectivity index (χ2v) is 3.18. The summed E-state index contributed by atoms with van der Waals surface area (Å²) in [7, 11) is 0. The van der Waals surface area contributed by atoms with E-state index in [9.17, 15) is 4.79 Å². The smallest absolute Gasteiger partial charge is 0.306 e. The van der Waals surface area contributed by atoms with E-state index in [-0.39, 0.29) is 5.92 Å². The summed E-state index contributed by atoms with van der Waals surface area (Å²) in [4.78, 5) is 10.3. The lowest BCUT2D eigenvalue weighted by Crippen LogP contribution is -1.99. The molecule has 9 heavy (non-hydrogen) atoms. The molecule has 0 aromatic heterocycles. The maximum absolute atomic E-state index is 10.3. The summed E-state index contributed by atoms with van der Waals surface area (Å²) in [6, 6.07) is 0. The topological polar surface area (TPSA) is 37.3 Å². The monoisotopic (exact) mass is 126 g/mol. The quantitative estimate of drug-likeness (QED) is 0.602. The van der Waals surface area contributed by atoms with Crippen molar-refractivity contribution in [1.82, 2.24) is 0 Å². The highest BCUT2D eigenvalue weighted by Gasteiger charge is 2.51. The third-order valence-corrected chi connectivity index (χ3v) is 2.38. The minimum Gasteiger partial charge on any atom is -0.481 e. The molecule has 2 saturated carbocycles. The summed E-state index contributed by atoms with van der Waals surface area (Å²) in [5.41, 5.74) is 0. The second kappa shape index (κ2) is 1.49. The Labute approximate surface area is 53.9 Å². The fourth-order valence-electron chi connectivity index (χ4n) is 1.54. The van der Waals surface area contributed by atoms with Gasteiger partial charge in [-0.05, 0) is 31.1 Å². The molecule has 2 aliphatic rings. The fourth-order valence-corrected chi connectivity index (χ4v) is 1.54. The van der Waals surface area contributed by atoms with E-state index in [1.165, 1.54) is 12.8 Å². The Hall–Kier alpha value is -0.530. The van der Waals surface area contributed by atoms with E-state index in [1.54, 1.807) is 0 Å². The third kappa shape index (κ3) is 0.824. The first-order valence-corrected chi connectivity index (χ1v) is 3.52. The molecule has 1 N–H and O–H groups in total. The molecule has 2 atom stereocenters. The molecule has 2 fully saturated rings. The minimum absolute atomic E-state index is 0.0394. The summed E-state index contributed by atoms with van der Waals surface area (Å²) in [6.45, 7) is 0. The zero-order valence-corrected chi connectivity index (χ0v) is 5.21. The number of carbonyl (C=O) groups is 1. The molecule has 0 aromatic carbocycles. The normalized spacial score (nSPS) is 40.4. The van der Waals surface area contributed by atoms with Crippen LogP contribution in [0.25, 0.3) is 0 Å². The molecular formula is C7H10O2. The summed E-state index contributed by atoms with van der Waals surface area (Å²) in [5.74, 6) is 0.831. The lowest BCUT2D eigenvalue weighted by atomic mass is 10.2. The lowest BCUT2D eigenvalue weighted by Gasteiger charge is -1.87. The maximum atomic E-state index is 10.3. The van der Waals surface area contributed by atoms with Gasteiger partial charge in [0.05, 0.1) is 5.92 Å². The number of carboxylic acid groups (broad SMARTS) is 1. The van der Waals surface area contributed by atoms with Crippen molar-refractivity contribution in [1.29, 1.82) is 0 Å². The predicted octanol–water partition coefficient (Wildman–Crippen LogP) is 1.12. The highest BCUT2D eigenvalue weighted by atomic mass is 16.4. The molecule has 50 valence electrons. The van der Waals surface area contributed by atoms with Crippen LogP contribution in [0.5, 0.6) is 0 Å². The van der Waals surface area contributed by atoms with E-state index in [2.05, 4.69) is 0 Å². The molecule has 0 heterocycles. The SMILES string of the molecule is O=C(O)[C@H]1C[C@@H]1C1CC1. The second-order valence-electron chi connectivity index (χ2n) is 3.18. The lowest BCUT2D eigenvalue weighted by molar-refractivity contribution is -0.138. The molecule has 0 aromatic rings. The van der Waals surface area contributed by atoms with Crippen molar-refractivity contribution in [2.75, 3.05) is 0 Å². The van der Waals surface area contributed by atoms with Gasteiger partial charge in [-0.1, -0.05) is 0 Å². The highest BCUT2D eigenvalue weighted by molar-refractivity contribution is 5.73. The maximum Gasteiger partial charge on any atom is 0.306 e. The van der Waals surface area contributed by atoms with Crippen molar-refractivity contribution in [2.45, 2.75) is 19.3 Å². The Balaban J connectivity index is 1.87. The van der Waals surface area contributed by atoms with Crippen molar-refractivity contribution in [3.8, 4) is 0 Å². The van der Waals surface area contributed by atoms with E-state index < -0.39 is 5.97 Å². The molecule has 0 unspecified atom stereocenters. The number of rotatable bonds is 2. The predicted molar refractivity (Wildman–Crippen MR) is 32.0 cm³/mol. The molecule has 0 aliphatic heterocycles. The van der Waals surface area contributed by atoms with Gasteiger partial charge in [0.25, 0.3) is 0 Å². The zero-order valence-electron chi connectivity index (χ0n) is 5.21. The van der Waals surface area contributed by atoms with Crippen LogP contribution in [0.15, 0.2) is 0 Å². The first-order chi connectivity index (χ1) is 4.29. The van der Waals surface area contributed by atoms with E-state index in [0.717, 1.165) is 12.3 Å². The number of hydrogen-bond donors (Lipinski definition) is 1. The highest BCUT2D eigenvalue weighted by Crippen LogP contribution is 2.54. The Morgan fingerprint density at radius 1 is 1.44 bits per heavy atom. The van der Waals surface area contributed by atoms with Gasteiger partial charge in [-0.2, -0.15) is 0 Å². The van der Waals surface area contributed by atoms with Crippen LogP contribution < -0.4 is 0 Å². The van der Waals surface area contributed by atoms with Gasteiger partial charge in [-0.15, -0.1) is 0 Å². The van der Waals surface area contributed by atoms with Crippen molar-refractivity contribution in [3.63, 3.8) is 0 Å².